The monoisotopic (exact) mass is 346 g/mol. The molecular weight excluding hydrogens is 324 g/mol. The standard InChI is InChI=1S/C19H22O6/c1-10-7-17-8-18(10,24)6-3-11(17)19-5-2-4-16(9-20,15(23)25-19)13(19)12(17)14(21)22/h2,4,11-13,20,24H,1,3,5-9H2,(H,21,22)/t11?,12-,13?,16?,17?,18?,19?/m1/s1. The number of carbonyl (C=O) groups is 2. The summed E-state index contributed by atoms with van der Waals surface area (Å²) in [4.78, 5) is 25.1. The van der Waals surface area contributed by atoms with Gasteiger partial charge in [0.2, 0.25) is 0 Å². The first-order valence-corrected chi connectivity index (χ1v) is 8.91. The van der Waals surface area contributed by atoms with Crippen molar-refractivity contribution in [2.24, 2.45) is 28.6 Å². The van der Waals surface area contributed by atoms with Crippen LogP contribution in [0.5, 0.6) is 0 Å². The zero-order chi connectivity index (χ0) is 17.8. The molecule has 134 valence electrons. The van der Waals surface area contributed by atoms with Gasteiger partial charge in [-0.15, -0.1) is 0 Å². The van der Waals surface area contributed by atoms with Gasteiger partial charge in [0.05, 0.1) is 18.1 Å². The van der Waals surface area contributed by atoms with Crippen LogP contribution in [0, 0.1) is 28.6 Å². The molecule has 3 saturated carbocycles. The van der Waals surface area contributed by atoms with Crippen molar-refractivity contribution in [1.82, 2.24) is 0 Å². The van der Waals surface area contributed by atoms with E-state index < -0.39 is 52.4 Å². The van der Waals surface area contributed by atoms with Gasteiger partial charge in [-0.05, 0) is 36.7 Å². The second-order valence-corrected chi connectivity index (χ2v) is 8.76. The molecule has 0 aromatic rings. The Kier molecular flexibility index (Phi) is 2.60. The Morgan fingerprint density at radius 2 is 2.20 bits per heavy atom. The molecule has 6 heteroatoms. The first-order valence-electron chi connectivity index (χ1n) is 8.91. The van der Waals surface area contributed by atoms with Gasteiger partial charge in [0, 0.05) is 18.3 Å². The zero-order valence-electron chi connectivity index (χ0n) is 13.9. The second kappa shape index (κ2) is 4.18. The molecule has 6 unspecified atom stereocenters. The number of aliphatic hydroxyl groups is 2. The molecule has 0 amide bonds. The van der Waals surface area contributed by atoms with Crippen LogP contribution < -0.4 is 0 Å². The first-order chi connectivity index (χ1) is 11.8. The number of hydrogen-bond acceptors (Lipinski definition) is 5. The summed E-state index contributed by atoms with van der Waals surface area (Å²) < 4.78 is 5.92. The Balaban J connectivity index is 1.77. The molecule has 1 saturated heterocycles. The van der Waals surface area contributed by atoms with Crippen LogP contribution in [0.3, 0.4) is 0 Å². The number of aliphatic hydroxyl groups excluding tert-OH is 1. The minimum absolute atomic E-state index is 0.132. The normalized spacial score (nSPS) is 55.0. The summed E-state index contributed by atoms with van der Waals surface area (Å²) in [6.07, 6.45) is 5.93. The van der Waals surface area contributed by atoms with E-state index in [0.717, 1.165) is 0 Å². The molecule has 1 aliphatic heterocycles. The third-order valence-corrected chi connectivity index (χ3v) is 8.03. The van der Waals surface area contributed by atoms with Crippen LogP contribution in [-0.2, 0) is 14.3 Å². The van der Waals surface area contributed by atoms with Crippen molar-refractivity contribution in [3.05, 3.63) is 24.3 Å². The summed E-state index contributed by atoms with van der Waals surface area (Å²) in [5.74, 6) is -3.05. The number of aliphatic carboxylic acids is 1. The van der Waals surface area contributed by atoms with Gasteiger partial charge in [-0.25, -0.2) is 0 Å². The van der Waals surface area contributed by atoms with E-state index in [1.54, 1.807) is 6.08 Å². The molecule has 7 atom stereocenters. The number of carboxylic acid groups (broad SMARTS) is 1. The predicted molar refractivity (Wildman–Crippen MR) is 85.2 cm³/mol. The lowest BCUT2D eigenvalue weighted by molar-refractivity contribution is -0.163. The average molecular weight is 346 g/mol. The molecular formula is C19H22O6. The number of carbonyl (C=O) groups excluding carboxylic acids is 1. The fourth-order valence-electron chi connectivity index (χ4n) is 7.28. The topological polar surface area (TPSA) is 104 Å². The van der Waals surface area contributed by atoms with E-state index in [2.05, 4.69) is 6.58 Å². The fraction of sp³-hybridized carbons (Fsp3) is 0.684. The van der Waals surface area contributed by atoms with Crippen LogP contribution in [-0.4, -0.2) is 45.1 Å². The van der Waals surface area contributed by atoms with Crippen molar-refractivity contribution in [2.45, 2.75) is 43.3 Å². The number of hydrogen-bond donors (Lipinski definition) is 3. The van der Waals surface area contributed by atoms with Crippen molar-refractivity contribution < 1.29 is 29.6 Å². The Morgan fingerprint density at radius 3 is 2.88 bits per heavy atom. The quantitative estimate of drug-likeness (QED) is 0.510. The highest BCUT2D eigenvalue weighted by Gasteiger charge is 2.83. The first kappa shape index (κ1) is 15.6. The lowest BCUT2D eigenvalue weighted by atomic mass is 9.62. The number of carboxylic acids is 1. The Labute approximate surface area is 145 Å². The maximum atomic E-state index is 12.7. The molecule has 6 nitrogen and oxygen atoms in total. The molecule has 5 aliphatic rings. The molecule has 0 aromatic heterocycles. The lowest BCUT2D eigenvalue weighted by Crippen LogP contribution is -2.47. The van der Waals surface area contributed by atoms with Gasteiger partial charge < -0.3 is 20.1 Å². The summed E-state index contributed by atoms with van der Waals surface area (Å²) in [6.45, 7) is 3.58. The van der Waals surface area contributed by atoms with Crippen LogP contribution in [0.15, 0.2) is 24.3 Å². The molecule has 4 fully saturated rings. The van der Waals surface area contributed by atoms with E-state index in [1.165, 1.54) is 0 Å². The van der Waals surface area contributed by atoms with Crippen LogP contribution in [0.1, 0.15) is 32.1 Å². The highest BCUT2D eigenvalue weighted by Crippen LogP contribution is 2.77. The molecule has 3 N–H and O–H groups in total. The predicted octanol–water partition coefficient (Wildman–Crippen LogP) is 1.03. The van der Waals surface area contributed by atoms with E-state index in [9.17, 15) is 24.9 Å². The molecule has 5 rings (SSSR count). The van der Waals surface area contributed by atoms with Crippen LogP contribution >= 0.6 is 0 Å². The Morgan fingerprint density at radius 1 is 1.44 bits per heavy atom. The summed E-state index contributed by atoms with van der Waals surface area (Å²) in [6, 6.07) is 0. The molecule has 0 radical (unpaired) electrons. The van der Waals surface area contributed by atoms with Crippen molar-refractivity contribution in [1.29, 1.82) is 0 Å². The molecule has 0 aromatic carbocycles. The average Bonchev–Trinajstić information content (AvgIpc) is 2.95. The van der Waals surface area contributed by atoms with Gasteiger partial charge in [-0.3, -0.25) is 9.59 Å². The van der Waals surface area contributed by atoms with E-state index in [0.29, 0.717) is 37.7 Å². The van der Waals surface area contributed by atoms with Crippen molar-refractivity contribution in [2.75, 3.05) is 6.61 Å². The highest BCUT2D eigenvalue weighted by atomic mass is 16.6. The van der Waals surface area contributed by atoms with Gasteiger partial charge in [0.25, 0.3) is 0 Å². The molecule has 1 spiro atoms. The SMILES string of the molecule is C=C1CC23CC1(O)CCC2C12CC=CC(CO)(C(=O)O1)C2[C@@H]3C(=O)O. The van der Waals surface area contributed by atoms with Gasteiger partial charge in [-0.1, -0.05) is 18.7 Å². The van der Waals surface area contributed by atoms with E-state index in [4.69, 9.17) is 4.74 Å². The number of ether oxygens (including phenoxy) is 1. The lowest BCUT2D eigenvalue weighted by Gasteiger charge is -2.45. The van der Waals surface area contributed by atoms with E-state index in [1.807, 2.05) is 6.08 Å². The van der Waals surface area contributed by atoms with E-state index in [-0.39, 0.29) is 5.92 Å². The fourth-order valence-corrected chi connectivity index (χ4v) is 7.28. The molecule has 25 heavy (non-hydrogen) atoms. The minimum atomic E-state index is -1.28. The van der Waals surface area contributed by atoms with Crippen LogP contribution in [0.25, 0.3) is 0 Å². The highest BCUT2D eigenvalue weighted by molar-refractivity contribution is 5.87. The van der Waals surface area contributed by atoms with Crippen LogP contribution in [0.4, 0.5) is 0 Å². The third-order valence-electron chi connectivity index (χ3n) is 8.03. The maximum Gasteiger partial charge on any atom is 0.319 e. The smallest absolute Gasteiger partial charge is 0.319 e. The van der Waals surface area contributed by atoms with Gasteiger partial charge in [0.1, 0.15) is 11.0 Å². The number of fused-ring (bicyclic) bond motifs is 1. The van der Waals surface area contributed by atoms with Gasteiger partial charge in [-0.2, -0.15) is 0 Å². The summed E-state index contributed by atoms with van der Waals surface area (Å²) >= 11 is 0. The van der Waals surface area contributed by atoms with Crippen molar-refractivity contribution in [3.8, 4) is 0 Å². The number of rotatable bonds is 2. The summed E-state index contributed by atoms with van der Waals surface area (Å²) in [5.41, 5.74) is -3.14. The number of esters is 1. The second-order valence-electron chi connectivity index (χ2n) is 8.76. The van der Waals surface area contributed by atoms with Crippen LogP contribution in [0.2, 0.25) is 0 Å². The van der Waals surface area contributed by atoms with Crippen molar-refractivity contribution in [3.63, 3.8) is 0 Å². The third kappa shape index (κ3) is 1.40. The summed E-state index contributed by atoms with van der Waals surface area (Å²) in [5, 5.41) is 31.2. The van der Waals surface area contributed by atoms with Gasteiger partial charge >= 0.3 is 11.9 Å². The van der Waals surface area contributed by atoms with Gasteiger partial charge in [0.15, 0.2) is 0 Å². The molecule has 4 bridgehead atoms. The van der Waals surface area contributed by atoms with E-state index >= 15 is 0 Å². The molecule has 1 heterocycles. The molecule has 4 aliphatic carbocycles. The maximum absolute atomic E-state index is 12.7. The Bertz CT molecular complexity index is 757. The minimum Gasteiger partial charge on any atom is -0.481 e. The zero-order valence-corrected chi connectivity index (χ0v) is 13.9. The largest absolute Gasteiger partial charge is 0.481 e. The Hall–Kier alpha value is -1.66. The van der Waals surface area contributed by atoms with Crippen molar-refractivity contribution >= 4 is 11.9 Å². The summed E-state index contributed by atoms with van der Waals surface area (Å²) in [7, 11) is 0.